The van der Waals surface area contributed by atoms with Gasteiger partial charge in [-0.1, -0.05) is 6.92 Å². The molecule has 0 radical (unpaired) electrons. The van der Waals surface area contributed by atoms with Crippen LogP contribution < -0.4 is 0 Å². The Morgan fingerprint density at radius 3 is 2.64 bits per heavy atom. The van der Waals surface area contributed by atoms with Crippen molar-refractivity contribution >= 4 is 11.9 Å². The van der Waals surface area contributed by atoms with Crippen LogP contribution in [0.5, 0.6) is 0 Å². The Labute approximate surface area is 64.2 Å². The minimum absolute atomic E-state index is 0.235. The normalized spacial score (nSPS) is 30.1. The highest BCUT2D eigenvalue weighted by molar-refractivity contribution is 6.00. The summed E-state index contributed by atoms with van der Waals surface area (Å²) < 4.78 is 4.60. The minimum atomic E-state index is -1.25. The molecule has 0 spiro atoms. The smallest absolute Gasteiger partial charge is 0.323 e. The van der Waals surface area contributed by atoms with E-state index in [0.29, 0.717) is 12.8 Å². The fourth-order valence-corrected chi connectivity index (χ4v) is 1.22. The molecule has 0 aromatic carbocycles. The lowest BCUT2D eigenvalue weighted by Crippen LogP contribution is -2.34. The van der Waals surface area contributed by atoms with E-state index in [2.05, 4.69) is 4.74 Å². The standard InChI is InChI=1S/C7H10O4/c1-2-7(5(8)9)3-4-11-6(7)10/h2-4H2,1H3,(H,8,9). The van der Waals surface area contributed by atoms with E-state index in [9.17, 15) is 9.59 Å². The van der Waals surface area contributed by atoms with Crippen molar-refractivity contribution in [3.05, 3.63) is 0 Å². The molecule has 1 atom stereocenters. The zero-order valence-corrected chi connectivity index (χ0v) is 6.29. The van der Waals surface area contributed by atoms with Crippen LogP contribution in [0, 0.1) is 5.41 Å². The second kappa shape index (κ2) is 2.53. The van der Waals surface area contributed by atoms with E-state index < -0.39 is 17.4 Å². The number of esters is 1. The molecule has 1 rings (SSSR count). The summed E-state index contributed by atoms with van der Waals surface area (Å²) in [7, 11) is 0. The number of rotatable bonds is 2. The van der Waals surface area contributed by atoms with Crippen LogP contribution in [-0.4, -0.2) is 23.7 Å². The Bertz CT molecular complexity index is 199. The van der Waals surface area contributed by atoms with Crippen LogP contribution in [0.2, 0.25) is 0 Å². The first-order chi connectivity index (χ1) is 5.13. The van der Waals surface area contributed by atoms with Crippen molar-refractivity contribution in [2.75, 3.05) is 6.61 Å². The van der Waals surface area contributed by atoms with Crippen molar-refractivity contribution in [1.82, 2.24) is 0 Å². The van der Waals surface area contributed by atoms with Crippen LogP contribution in [-0.2, 0) is 14.3 Å². The number of aliphatic carboxylic acids is 1. The highest BCUT2D eigenvalue weighted by Gasteiger charge is 2.49. The molecule has 1 aliphatic heterocycles. The van der Waals surface area contributed by atoms with Crippen molar-refractivity contribution in [3.8, 4) is 0 Å². The summed E-state index contributed by atoms with van der Waals surface area (Å²) in [5, 5.41) is 8.73. The fraction of sp³-hybridized carbons (Fsp3) is 0.714. The Morgan fingerprint density at radius 1 is 1.82 bits per heavy atom. The molecule has 0 bridgehead atoms. The molecular formula is C7H10O4. The lowest BCUT2D eigenvalue weighted by atomic mass is 9.84. The maximum atomic E-state index is 11.0. The van der Waals surface area contributed by atoms with E-state index in [4.69, 9.17) is 5.11 Å². The predicted octanol–water partition coefficient (Wildman–Crippen LogP) is 0.414. The molecule has 62 valence electrons. The van der Waals surface area contributed by atoms with Gasteiger partial charge in [0.05, 0.1) is 6.61 Å². The highest BCUT2D eigenvalue weighted by atomic mass is 16.5. The molecule has 1 unspecified atom stereocenters. The number of carbonyl (C=O) groups is 2. The molecule has 0 saturated carbocycles. The Kier molecular flexibility index (Phi) is 1.85. The maximum absolute atomic E-state index is 11.0. The molecule has 1 aliphatic rings. The largest absolute Gasteiger partial charge is 0.480 e. The molecule has 4 heteroatoms. The second-order valence-corrected chi connectivity index (χ2v) is 2.63. The molecule has 0 aromatic rings. The second-order valence-electron chi connectivity index (χ2n) is 2.63. The van der Waals surface area contributed by atoms with Crippen LogP contribution in [0.1, 0.15) is 19.8 Å². The average molecular weight is 158 g/mol. The number of ether oxygens (including phenoxy) is 1. The Balaban J connectivity index is 2.91. The number of hydrogen-bond acceptors (Lipinski definition) is 3. The van der Waals surface area contributed by atoms with Crippen molar-refractivity contribution in [2.45, 2.75) is 19.8 Å². The summed E-state index contributed by atoms with van der Waals surface area (Å²) in [5.74, 6) is -1.66. The van der Waals surface area contributed by atoms with Gasteiger partial charge in [0.1, 0.15) is 0 Å². The quantitative estimate of drug-likeness (QED) is 0.467. The van der Waals surface area contributed by atoms with E-state index in [1.807, 2.05) is 0 Å². The maximum Gasteiger partial charge on any atom is 0.323 e. The van der Waals surface area contributed by atoms with Crippen LogP contribution in [0.15, 0.2) is 0 Å². The third-order valence-corrected chi connectivity index (χ3v) is 2.17. The predicted molar refractivity (Wildman–Crippen MR) is 35.9 cm³/mol. The van der Waals surface area contributed by atoms with Gasteiger partial charge in [0.15, 0.2) is 5.41 Å². The lowest BCUT2D eigenvalue weighted by Gasteiger charge is -2.15. The summed E-state index contributed by atoms with van der Waals surface area (Å²) in [5.41, 5.74) is -1.25. The zero-order chi connectivity index (χ0) is 8.48. The van der Waals surface area contributed by atoms with Crippen molar-refractivity contribution in [3.63, 3.8) is 0 Å². The zero-order valence-electron chi connectivity index (χ0n) is 6.29. The van der Waals surface area contributed by atoms with Crippen LogP contribution >= 0.6 is 0 Å². The van der Waals surface area contributed by atoms with Gasteiger partial charge in [-0.25, -0.2) is 0 Å². The van der Waals surface area contributed by atoms with Crippen LogP contribution in [0.25, 0.3) is 0 Å². The molecule has 4 nitrogen and oxygen atoms in total. The number of cyclic esters (lactones) is 1. The summed E-state index contributed by atoms with van der Waals surface area (Å²) in [6, 6.07) is 0. The average Bonchev–Trinajstić information content (AvgIpc) is 2.32. The molecule has 0 amide bonds. The number of hydrogen-bond donors (Lipinski definition) is 1. The minimum Gasteiger partial charge on any atom is -0.480 e. The van der Waals surface area contributed by atoms with E-state index >= 15 is 0 Å². The number of carboxylic acid groups (broad SMARTS) is 1. The first kappa shape index (κ1) is 8.04. The first-order valence-corrected chi connectivity index (χ1v) is 3.54. The van der Waals surface area contributed by atoms with E-state index in [1.165, 1.54) is 0 Å². The van der Waals surface area contributed by atoms with Gasteiger partial charge < -0.3 is 9.84 Å². The summed E-state index contributed by atoms with van der Waals surface area (Å²) in [6.07, 6.45) is 0.610. The lowest BCUT2D eigenvalue weighted by molar-refractivity contribution is -0.160. The monoisotopic (exact) mass is 158 g/mol. The number of carbonyl (C=O) groups excluding carboxylic acids is 1. The van der Waals surface area contributed by atoms with E-state index in [-0.39, 0.29) is 6.61 Å². The van der Waals surface area contributed by atoms with Gasteiger partial charge in [0.2, 0.25) is 0 Å². The Hall–Kier alpha value is -1.06. The van der Waals surface area contributed by atoms with Gasteiger partial charge in [-0.05, 0) is 6.42 Å². The van der Waals surface area contributed by atoms with Gasteiger partial charge in [-0.15, -0.1) is 0 Å². The van der Waals surface area contributed by atoms with Gasteiger partial charge >= 0.3 is 11.9 Å². The third-order valence-electron chi connectivity index (χ3n) is 2.17. The third kappa shape index (κ3) is 0.982. The molecule has 1 saturated heterocycles. The molecule has 1 fully saturated rings. The molecule has 0 aliphatic carbocycles. The molecule has 1 N–H and O–H groups in total. The first-order valence-electron chi connectivity index (χ1n) is 3.54. The van der Waals surface area contributed by atoms with Gasteiger partial charge in [-0.3, -0.25) is 9.59 Å². The molecule has 0 aromatic heterocycles. The topological polar surface area (TPSA) is 63.6 Å². The summed E-state index contributed by atoms with van der Waals surface area (Å²) in [6.45, 7) is 1.92. The molecule has 1 heterocycles. The number of carboxylic acids is 1. The van der Waals surface area contributed by atoms with Crippen molar-refractivity contribution < 1.29 is 19.4 Å². The van der Waals surface area contributed by atoms with Crippen molar-refractivity contribution in [2.24, 2.45) is 5.41 Å². The van der Waals surface area contributed by atoms with E-state index in [0.717, 1.165) is 0 Å². The van der Waals surface area contributed by atoms with Gasteiger partial charge in [-0.2, -0.15) is 0 Å². The van der Waals surface area contributed by atoms with Crippen LogP contribution in [0.4, 0.5) is 0 Å². The highest BCUT2D eigenvalue weighted by Crippen LogP contribution is 2.33. The summed E-state index contributed by atoms with van der Waals surface area (Å²) >= 11 is 0. The Morgan fingerprint density at radius 2 is 2.45 bits per heavy atom. The van der Waals surface area contributed by atoms with E-state index in [1.54, 1.807) is 6.92 Å². The van der Waals surface area contributed by atoms with Crippen LogP contribution in [0.3, 0.4) is 0 Å². The van der Waals surface area contributed by atoms with Crippen molar-refractivity contribution in [1.29, 1.82) is 0 Å². The van der Waals surface area contributed by atoms with Gasteiger partial charge in [0.25, 0.3) is 0 Å². The molecule has 11 heavy (non-hydrogen) atoms. The fourth-order valence-electron chi connectivity index (χ4n) is 1.22. The summed E-state index contributed by atoms with van der Waals surface area (Å²) in [4.78, 5) is 21.6. The molecular weight excluding hydrogens is 148 g/mol. The van der Waals surface area contributed by atoms with Gasteiger partial charge in [0, 0.05) is 6.42 Å². The SMILES string of the molecule is CCC1(C(=O)O)CCOC1=O.